The van der Waals surface area contributed by atoms with Crippen LogP contribution in [0.25, 0.3) is 0 Å². The molecule has 1 heterocycles. The van der Waals surface area contributed by atoms with E-state index in [1.54, 1.807) is 37.4 Å². The van der Waals surface area contributed by atoms with Crippen LogP contribution in [0.15, 0.2) is 54.6 Å². The van der Waals surface area contributed by atoms with Crippen LogP contribution in [0.2, 0.25) is 0 Å². The van der Waals surface area contributed by atoms with Gasteiger partial charge in [0.2, 0.25) is 0 Å². The molecule has 0 fully saturated rings. The van der Waals surface area contributed by atoms with Crippen molar-refractivity contribution in [3.8, 4) is 5.75 Å². The Bertz CT molecular complexity index is 923. The van der Waals surface area contributed by atoms with Gasteiger partial charge in [-0.2, -0.15) is 0 Å². The van der Waals surface area contributed by atoms with E-state index in [2.05, 4.69) is 26.9 Å². The summed E-state index contributed by atoms with van der Waals surface area (Å²) in [6.45, 7) is 4.05. The van der Waals surface area contributed by atoms with Crippen molar-refractivity contribution >= 4 is 23.1 Å². The van der Waals surface area contributed by atoms with Gasteiger partial charge in [-0.05, 0) is 55.3 Å². The van der Waals surface area contributed by atoms with E-state index < -0.39 is 0 Å². The number of hydrogen-bond acceptors (Lipinski definition) is 5. The Kier molecular flexibility index (Phi) is 5.12. The summed E-state index contributed by atoms with van der Waals surface area (Å²) < 4.78 is 5.14. The molecule has 1 aromatic heterocycles. The molecule has 3 rings (SSSR count). The topological polar surface area (TPSA) is 76.1 Å². The Morgan fingerprint density at radius 3 is 2.58 bits per heavy atom. The van der Waals surface area contributed by atoms with Crippen LogP contribution in [0, 0.1) is 13.8 Å². The van der Waals surface area contributed by atoms with Gasteiger partial charge in [-0.25, -0.2) is 0 Å². The molecule has 6 nitrogen and oxygen atoms in total. The number of methoxy groups -OCH3 is 1. The van der Waals surface area contributed by atoms with E-state index in [1.807, 2.05) is 32.0 Å². The van der Waals surface area contributed by atoms with Gasteiger partial charge in [0.25, 0.3) is 5.91 Å². The molecule has 0 bridgehead atoms. The SMILES string of the molecule is COc1cccc(NC(=O)c2ccc(Nc3cc(C)ccc3C)nn2)c1. The molecular formula is C20H20N4O2. The summed E-state index contributed by atoms with van der Waals surface area (Å²) in [5.41, 5.74) is 4.10. The van der Waals surface area contributed by atoms with Gasteiger partial charge in [0.05, 0.1) is 7.11 Å². The van der Waals surface area contributed by atoms with E-state index in [-0.39, 0.29) is 11.6 Å². The first kappa shape index (κ1) is 17.4. The third kappa shape index (κ3) is 4.16. The first-order valence-corrected chi connectivity index (χ1v) is 8.18. The maximum absolute atomic E-state index is 12.3. The van der Waals surface area contributed by atoms with Crippen molar-refractivity contribution in [2.45, 2.75) is 13.8 Å². The molecule has 0 aliphatic rings. The predicted octanol–water partition coefficient (Wildman–Crippen LogP) is 4.10. The number of nitrogens with zero attached hydrogens (tertiary/aromatic N) is 2. The van der Waals surface area contributed by atoms with Gasteiger partial charge in [-0.1, -0.05) is 18.2 Å². The van der Waals surface area contributed by atoms with Gasteiger partial charge in [-0.3, -0.25) is 4.79 Å². The Morgan fingerprint density at radius 2 is 1.85 bits per heavy atom. The Hall–Kier alpha value is -3.41. The van der Waals surface area contributed by atoms with E-state index in [0.717, 1.165) is 16.8 Å². The number of anilines is 3. The summed E-state index contributed by atoms with van der Waals surface area (Å²) >= 11 is 0. The van der Waals surface area contributed by atoms with Crippen molar-refractivity contribution in [1.82, 2.24) is 10.2 Å². The largest absolute Gasteiger partial charge is 0.497 e. The van der Waals surface area contributed by atoms with Crippen LogP contribution in [-0.2, 0) is 0 Å². The number of rotatable bonds is 5. The Balaban J connectivity index is 1.70. The normalized spacial score (nSPS) is 10.3. The van der Waals surface area contributed by atoms with Gasteiger partial charge < -0.3 is 15.4 Å². The molecule has 6 heteroatoms. The number of nitrogens with one attached hydrogen (secondary N) is 2. The van der Waals surface area contributed by atoms with Gasteiger partial charge in [0.1, 0.15) is 5.75 Å². The molecule has 0 aliphatic heterocycles. The maximum atomic E-state index is 12.3. The molecule has 0 atom stereocenters. The number of amides is 1. The van der Waals surface area contributed by atoms with E-state index in [1.165, 1.54) is 0 Å². The van der Waals surface area contributed by atoms with Crippen molar-refractivity contribution in [1.29, 1.82) is 0 Å². The highest BCUT2D eigenvalue weighted by Gasteiger charge is 2.10. The monoisotopic (exact) mass is 348 g/mol. The van der Waals surface area contributed by atoms with Crippen molar-refractivity contribution in [3.05, 3.63) is 71.4 Å². The second kappa shape index (κ2) is 7.65. The zero-order valence-electron chi connectivity index (χ0n) is 14.9. The minimum absolute atomic E-state index is 0.235. The first-order chi connectivity index (χ1) is 12.5. The number of aryl methyl sites for hydroxylation is 2. The fraction of sp³-hybridized carbons (Fsp3) is 0.150. The fourth-order valence-corrected chi connectivity index (χ4v) is 2.42. The fourth-order valence-electron chi connectivity index (χ4n) is 2.42. The molecule has 0 radical (unpaired) electrons. The number of aromatic nitrogens is 2. The van der Waals surface area contributed by atoms with Gasteiger partial charge in [-0.15, -0.1) is 10.2 Å². The van der Waals surface area contributed by atoms with E-state index in [4.69, 9.17) is 4.74 Å². The van der Waals surface area contributed by atoms with Crippen LogP contribution in [0.3, 0.4) is 0 Å². The summed E-state index contributed by atoms with van der Waals surface area (Å²) in [4.78, 5) is 12.3. The molecule has 0 unspecified atom stereocenters. The van der Waals surface area contributed by atoms with Crippen LogP contribution >= 0.6 is 0 Å². The molecule has 1 amide bonds. The third-order valence-corrected chi connectivity index (χ3v) is 3.88. The third-order valence-electron chi connectivity index (χ3n) is 3.88. The second-order valence-electron chi connectivity index (χ2n) is 5.93. The number of benzene rings is 2. The molecule has 0 spiro atoms. The standard InChI is InChI=1S/C20H20N4O2/c1-13-7-8-14(2)18(11-13)22-19-10-9-17(23-24-19)20(25)21-15-5-4-6-16(12-15)26-3/h4-12H,1-3H3,(H,21,25)(H,22,24). The molecule has 132 valence electrons. The lowest BCUT2D eigenvalue weighted by Gasteiger charge is -2.10. The minimum atomic E-state index is -0.330. The number of hydrogen-bond donors (Lipinski definition) is 2. The van der Waals surface area contributed by atoms with Crippen molar-refractivity contribution in [2.75, 3.05) is 17.7 Å². The van der Waals surface area contributed by atoms with Crippen LogP contribution in [-0.4, -0.2) is 23.2 Å². The summed E-state index contributed by atoms with van der Waals surface area (Å²) in [6, 6.07) is 16.6. The zero-order valence-corrected chi connectivity index (χ0v) is 14.9. The molecule has 2 aromatic carbocycles. The summed E-state index contributed by atoms with van der Waals surface area (Å²) in [5.74, 6) is 0.919. The highest BCUT2D eigenvalue weighted by Crippen LogP contribution is 2.21. The van der Waals surface area contributed by atoms with E-state index in [9.17, 15) is 4.79 Å². The zero-order chi connectivity index (χ0) is 18.5. The highest BCUT2D eigenvalue weighted by molar-refractivity contribution is 6.02. The lowest BCUT2D eigenvalue weighted by Crippen LogP contribution is -2.14. The molecule has 0 saturated heterocycles. The molecule has 2 N–H and O–H groups in total. The predicted molar refractivity (Wildman–Crippen MR) is 102 cm³/mol. The van der Waals surface area contributed by atoms with Crippen molar-refractivity contribution < 1.29 is 9.53 Å². The van der Waals surface area contributed by atoms with Crippen LogP contribution in [0.5, 0.6) is 5.75 Å². The molecule has 26 heavy (non-hydrogen) atoms. The quantitative estimate of drug-likeness (QED) is 0.726. The average molecular weight is 348 g/mol. The van der Waals surface area contributed by atoms with Gasteiger partial charge in [0.15, 0.2) is 11.5 Å². The van der Waals surface area contributed by atoms with Gasteiger partial charge in [0, 0.05) is 17.4 Å². The lowest BCUT2D eigenvalue weighted by atomic mass is 10.1. The minimum Gasteiger partial charge on any atom is -0.497 e. The molecule has 0 aliphatic carbocycles. The van der Waals surface area contributed by atoms with Crippen molar-refractivity contribution in [3.63, 3.8) is 0 Å². The summed E-state index contributed by atoms with van der Waals surface area (Å²) in [5, 5.41) is 14.1. The molecule has 3 aromatic rings. The Labute approximate surface area is 152 Å². The van der Waals surface area contributed by atoms with E-state index >= 15 is 0 Å². The average Bonchev–Trinajstić information content (AvgIpc) is 2.65. The number of carbonyl (C=O) groups excluding carboxylic acids is 1. The first-order valence-electron chi connectivity index (χ1n) is 8.18. The molecule has 0 saturated carbocycles. The number of carbonyl (C=O) groups is 1. The summed E-state index contributed by atoms with van der Waals surface area (Å²) in [6.07, 6.45) is 0. The van der Waals surface area contributed by atoms with Crippen LogP contribution in [0.4, 0.5) is 17.2 Å². The number of ether oxygens (including phenoxy) is 1. The van der Waals surface area contributed by atoms with Gasteiger partial charge >= 0.3 is 0 Å². The smallest absolute Gasteiger partial charge is 0.276 e. The van der Waals surface area contributed by atoms with Crippen LogP contribution < -0.4 is 15.4 Å². The molecular weight excluding hydrogens is 328 g/mol. The lowest BCUT2D eigenvalue weighted by molar-refractivity contribution is 0.102. The van der Waals surface area contributed by atoms with Crippen LogP contribution in [0.1, 0.15) is 21.6 Å². The second-order valence-corrected chi connectivity index (χ2v) is 5.93. The summed E-state index contributed by atoms with van der Waals surface area (Å²) in [7, 11) is 1.58. The Morgan fingerprint density at radius 1 is 1.00 bits per heavy atom. The van der Waals surface area contributed by atoms with E-state index in [0.29, 0.717) is 17.3 Å². The highest BCUT2D eigenvalue weighted by atomic mass is 16.5. The maximum Gasteiger partial charge on any atom is 0.276 e. The van der Waals surface area contributed by atoms with Crippen molar-refractivity contribution in [2.24, 2.45) is 0 Å².